The molecule has 0 heterocycles. The van der Waals surface area contributed by atoms with Crippen molar-refractivity contribution in [2.24, 2.45) is 32.3 Å². The number of phenols is 1. The van der Waals surface area contributed by atoms with Gasteiger partial charge in [-0.1, -0.05) is 64.8 Å². The number of amides is 1. The van der Waals surface area contributed by atoms with Crippen LogP contribution in [0.4, 0.5) is 28.4 Å². The lowest BCUT2D eigenvalue weighted by atomic mass is 9.79. The molecule has 19 heteroatoms. The quantitative estimate of drug-likeness (QED) is 0.0310. The van der Waals surface area contributed by atoms with E-state index in [0.717, 1.165) is 11.6 Å². The van der Waals surface area contributed by atoms with E-state index in [-0.39, 0.29) is 57.9 Å². The van der Waals surface area contributed by atoms with Crippen LogP contribution in [0.3, 0.4) is 0 Å². The van der Waals surface area contributed by atoms with E-state index < -0.39 is 63.1 Å². The van der Waals surface area contributed by atoms with Crippen LogP contribution in [0.25, 0.3) is 10.8 Å². The van der Waals surface area contributed by atoms with Gasteiger partial charge in [0.25, 0.3) is 10.1 Å². The van der Waals surface area contributed by atoms with E-state index in [4.69, 9.17) is 9.47 Å². The number of nitrogens with one attached hydrogen (secondary N) is 1. The molecule has 0 aliphatic carbocycles. The minimum absolute atomic E-state index is 0.0216. The number of hydrogen-bond donors (Lipinski definition) is 6. The second-order valence-electron chi connectivity index (χ2n) is 13.0. The van der Waals surface area contributed by atoms with Gasteiger partial charge in [0.2, 0.25) is 5.91 Å². The number of azo groups is 2. The fourth-order valence-electron chi connectivity index (χ4n) is 6.14. The van der Waals surface area contributed by atoms with E-state index in [1.807, 2.05) is 6.07 Å². The molecule has 0 saturated carbocycles. The lowest BCUT2D eigenvalue weighted by Crippen LogP contribution is -2.35. The molecule has 0 saturated heterocycles. The van der Waals surface area contributed by atoms with Crippen LogP contribution in [0.5, 0.6) is 17.2 Å². The largest absolute Gasteiger partial charge is 0.505 e. The Morgan fingerprint density at radius 3 is 2.02 bits per heavy atom. The lowest BCUT2D eigenvalue weighted by molar-refractivity contribution is -0.146. The average molecular weight is 850 g/mol. The van der Waals surface area contributed by atoms with Gasteiger partial charge in [-0.3, -0.25) is 14.1 Å². The third-order valence-corrected chi connectivity index (χ3v) is 11.7. The van der Waals surface area contributed by atoms with Crippen LogP contribution >= 0.6 is 15.5 Å². The molecule has 0 bridgehead atoms. The van der Waals surface area contributed by atoms with Crippen molar-refractivity contribution in [3.8, 4) is 17.2 Å². The average Bonchev–Trinajstić information content (AvgIpc) is 3.17. The number of hydrogen-bond acceptors (Lipinski definition) is 11. The van der Waals surface area contributed by atoms with E-state index in [1.165, 1.54) is 49.4 Å². The molecule has 0 fully saturated rings. The Balaban J connectivity index is 1.55. The number of nitrogens with zero attached hydrogens (tertiary/aromatic N) is 4. The summed E-state index contributed by atoms with van der Waals surface area (Å²) in [5.74, 6) is -4.74. The van der Waals surface area contributed by atoms with Crippen molar-refractivity contribution in [2.45, 2.75) is 38.5 Å². The number of benzene rings is 5. The second kappa shape index (κ2) is 18.4. The summed E-state index contributed by atoms with van der Waals surface area (Å²) < 4.78 is 47.0. The van der Waals surface area contributed by atoms with E-state index in [0.29, 0.717) is 5.69 Å². The number of carbonyl (C=O) groups is 2. The number of ether oxygens (including phenoxy) is 2. The first-order valence-electron chi connectivity index (χ1n) is 17.8. The van der Waals surface area contributed by atoms with Crippen LogP contribution in [0.15, 0.2) is 116 Å². The number of phenolic OH excluding ortho intramolecular Hbond substituents is 1. The predicted octanol–water partition coefficient (Wildman–Crippen LogP) is 9.01. The lowest BCUT2D eigenvalue weighted by Gasteiger charge is -2.27. The molecule has 5 aromatic carbocycles. The first kappa shape index (κ1) is 43.6. The van der Waals surface area contributed by atoms with E-state index in [2.05, 4.69) is 34.3 Å². The zero-order chi connectivity index (χ0) is 42.4. The van der Waals surface area contributed by atoms with E-state index in [1.54, 1.807) is 57.2 Å². The van der Waals surface area contributed by atoms with E-state index >= 15 is 0 Å². The Kier molecular flexibility index (Phi) is 13.8. The molecule has 5 rings (SSSR count). The minimum atomic E-state index is -4.99. The third-order valence-electron chi connectivity index (χ3n) is 9.05. The summed E-state index contributed by atoms with van der Waals surface area (Å²) >= 11 is 0. The minimum Gasteiger partial charge on any atom is -0.505 e. The second-order valence-corrected chi connectivity index (χ2v) is 18.0. The van der Waals surface area contributed by atoms with Gasteiger partial charge in [-0.2, -0.15) is 13.5 Å². The first-order valence-corrected chi connectivity index (χ1v) is 22.2. The highest BCUT2D eigenvalue weighted by Gasteiger charge is 2.35. The Bertz CT molecular complexity index is 2570. The molecule has 0 aliphatic heterocycles. The Morgan fingerprint density at radius 2 is 1.45 bits per heavy atom. The maximum absolute atomic E-state index is 13.7. The molecule has 304 valence electrons. The number of carbonyl (C=O) groups excluding carboxylic acids is 1. The number of carboxylic acid groups (broad SMARTS) is 1. The van der Waals surface area contributed by atoms with Gasteiger partial charge in [0.1, 0.15) is 33.5 Å². The highest BCUT2D eigenvalue weighted by atomic mass is 32.2. The van der Waals surface area contributed by atoms with Crippen LogP contribution in [-0.2, 0) is 19.7 Å². The monoisotopic (exact) mass is 849 g/mol. The van der Waals surface area contributed by atoms with Crippen molar-refractivity contribution in [3.05, 3.63) is 96.6 Å². The van der Waals surface area contributed by atoms with Gasteiger partial charge in [0, 0.05) is 28.5 Å². The third kappa shape index (κ3) is 10.3. The number of fused-ring (bicyclic) bond motifs is 1. The van der Waals surface area contributed by atoms with Crippen LogP contribution in [0, 0.1) is 11.8 Å². The van der Waals surface area contributed by atoms with Crippen LogP contribution < -0.4 is 20.1 Å². The van der Waals surface area contributed by atoms with E-state index in [9.17, 15) is 42.6 Å². The summed E-state index contributed by atoms with van der Waals surface area (Å²) in [6.45, 7) is 6.98. The molecule has 16 nitrogen and oxygen atoms in total. The summed E-state index contributed by atoms with van der Waals surface area (Å²) in [5, 5.41) is 41.2. The van der Waals surface area contributed by atoms with Crippen molar-refractivity contribution in [1.82, 2.24) is 0 Å². The fraction of sp³-hybridized carbons (Fsp3) is 0.231. The normalized spacial score (nSPS) is 13.7. The summed E-state index contributed by atoms with van der Waals surface area (Å²) in [7, 11) is -5.55. The van der Waals surface area contributed by atoms with Gasteiger partial charge in [0.05, 0.1) is 30.7 Å². The summed E-state index contributed by atoms with van der Waals surface area (Å²) in [5.41, 5.74) is 0.817. The van der Waals surface area contributed by atoms with Crippen molar-refractivity contribution in [1.29, 1.82) is 0 Å². The number of carboxylic acids is 1. The highest BCUT2D eigenvalue weighted by Crippen LogP contribution is 2.46. The molecular weight excluding hydrogens is 808 g/mol. The van der Waals surface area contributed by atoms with Crippen LogP contribution in [0.2, 0.25) is 0 Å². The fourth-order valence-corrected chi connectivity index (χ4v) is 7.83. The van der Waals surface area contributed by atoms with Gasteiger partial charge >= 0.3 is 5.97 Å². The molecule has 6 N–H and O–H groups in total. The number of aromatic hydroxyl groups is 1. The number of rotatable bonds is 16. The van der Waals surface area contributed by atoms with Gasteiger partial charge < -0.3 is 34.8 Å². The maximum atomic E-state index is 13.7. The summed E-state index contributed by atoms with van der Waals surface area (Å²) in [6.07, 6.45) is 0. The Labute approximate surface area is 336 Å². The topological polar surface area (TPSA) is 249 Å². The number of aliphatic carboxylic acids is 1. The Morgan fingerprint density at radius 1 is 0.828 bits per heavy atom. The van der Waals surface area contributed by atoms with Gasteiger partial charge in [-0.05, 0) is 67.1 Å². The molecule has 3 atom stereocenters. The summed E-state index contributed by atoms with van der Waals surface area (Å²) in [6, 6.07) is 23.3. The highest BCUT2D eigenvalue weighted by molar-refractivity contribution is 7.96. The van der Waals surface area contributed by atoms with Gasteiger partial charge in [-0.25, -0.2) is 0 Å². The van der Waals surface area contributed by atoms with Gasteiger partial charge in [0.15, 0.2) is 12.8 Å². The molecular formula is C39H41N5O11P2S. The first-order chi connectivity index (χ1) is 27.4. The van der Waals surface area contributed by atoms with Gasteiger partial charge in [-0.15, -0.1) is 15.3 Å². The molecule has 0 spiro atoms. The van der Waals surface area contributed by atoms with Crippen LogP contribution in [-0.4, -0.2) is 58.1 Å². The molecule has 1 unspecified atom stereocenters. The number of anilines is 1. The smallest absolute Gasteiger partial charge is 0.307 e. The molecule has 58 heavy (non-hydrogen) atoms. The van der Waals surface area contributed by atoms with Crippen molar-refractivity contribution >= 4 is 82.0 Å². The van der Waals surface area contributed by atoms with Crippen molar-refractivity contribution in [2.75, 3.05) is 18.5 Å². The maximum Gasteiger partial charge on any atom is 0.307 e. The molecule has 0 radical (unpaired) electrons. The zero-order valence-electron chi connectivity index (χ0n) is 31.6. The molecule has 0 aliphatic rings. The summed E-state index contributed by atoms with van der Waals surface area (Å²) in [4.78, 5) is 45.0. The van der Waals surface area contributed by atoms with Crippen molar-refractivity contribution in [3.63, 3.8) is 0 Å². The molecule has 5 aromatic rings. The van der Waals surface area contributed by atoms with Crippen LogP contribution in [0.1, 0.15) is 39.2 Å². The van der Waals surface area contributed by atoms with Crippen molar-refractivity contribution < 1.29 is 52.0 Å². The zero-order valence-corrected chi connectivity index (χ0v) is 34.3. The molecule has 0 aromatic heterocycles. The molecule has 1 amide bonds. The Hall–Kier alpha value is -5.54. The standard InChI is InChI=1S/C39H41N5O11P2S/c1-5-54-32-21-31(33(55-6-2)20-30(32)42-41-27-13-10-14-28(18-27)57(49,50)56)43-44-36-34(58(51,52)53)17-25-15-16-26(19-29(25)37(36)45)40-38(46)35(23(4)39(47)48)22(3)24-11-8-7-9-12-24/h7-23,35,45,49-50,56H,5-6H2,1-4H3,(H,40,46)(H,47,48)(H,51,52,53)/t22-,23+,35?/m1/s1. The predicted molar refractivity (Wildman–Crippen MR) is 222 cm³/mol. The SMILES string of the molecule is CCOc1cc(N=Nc2c(S(=O)(=O)O)cc3ccc(NC(=O)C([C@H](C)C(=O)O)[C@H](C)c4ccccc4)cc3c2O)c(OCC)cc1N=Nc1cccc(P(O)(O)=P)c1.